The fraction of sp³-hybridized carbons (Fsp3) is 0.0833. The van der Waals surface area contributed by atoms with E-state index in [-0.39, 0.29) is 5.63 Å². The largest absolute Gasteiger partial charge is 0.423 e. The number of hydrogen-bond acceptors (Lipinski definition) is 5. The molecule has 0 bridgehead atoms. The zero-order valence-corrected chi connectivity index (χ0v) is 12.0. The summed E-state index contributed by atoms with van der Waals surface area (Å²) in [7, 11) is 0. The summed E-state index contributed by atoms with van der Waals surface area (Å²) in [6.07, 6.45) is 1.46. The third kappa shape index (κ3) is 2.71. The standard InChI is InChI=1S/C12H8BrN3O2S/c13-8-1-2-9-7(3-11(17)18-10(9)4-8)5-19-12-14-6-15-16-12/h1-4,6H,5H2,(H,14,15,16). The highest BCUT2D eigenvalue weighted by Gasteiger charge is 2.07. The van der Waals surface area contributed by atoms with Gasteiger partial charge in [0.05, 0.1) is 0 Å². The fourth-order valence-electron chi connectivity index (χ4n) is 1.73. The first kappa shape index (κ1) is 12.4. The first-order chi connectivity index (χ1) is 9.22. The lowest BCUT2D eigenvalue weighted by Gasteiger charge is -2.04. The second-order valence-electron chi connectivity index (χ2n) is 3.81. The quantitative estimate of drug-likeness (QED) is 0.587. The highest BCUT2D eigenvalue weighted by Crippen LogP contribution is 2.26. The van der Waals surface area contributed by atoms with Crippen LogP contribution >= 0.6 is 27.7 Å². The number of nitrogens with one attached hydrogen (secondary N) is 1. The van der Waals surface area contributed by atoms with E-state index in [4.69, 9.17) is 4.42 Å². The first-order valence-electron chi connectivity index (χ1n) is 5.43. The van der Waals surface area contributed by atoms with Gasteiger partial charge in [0.25, 0.3) is 0 Å². The number of thioether (sulfide) groups is 1. The summed E-state index contributed by atoms with van der Waals surface area (Å²) in [5, 5.41) is 8.20. The molecule has 0 unspecified atom stereocenters. The van der Waals surface area contributed by atoms with E-state index in [1.54, 1.807) is 6.07 Å². The maximum absolute atomic E-state index is 11.5. The van der Waals surface area contributed by atoms with Crippen LogP contribution in [0.3, 0.4) is 0 Å². The summed E-state index contributed by atoms with van der Waals surface area (Å²) >= 11 is 4.85. The molecule has 19 heavy (non-hydrogen) atoms. The van der Waals surface area contributed by atoms with E-state index in [9.17, 15) is 4.79 Å². The van der Waals surface area contributed by atoms with Crippen LogP contribution in [-0.4, -0.2) is 15.2 Å². The number of nitrogens with zero attached hydrogens (tertiary/aromatic N) is 2. The summed E-state index contributed by atoms with van der Waals surface area (Å²) in [5.74, 6) is 0.624. The van der Waals surface area contributed by atoms with Crippen LogP contribution < -0.4 is 5.63 Å². The minimum absolute atomic E-state index is 0.348. The molecule has 2 aromatic heterocycles. The van der Waals surface area contributed by atoms with E-state index in [0.29, 0.717) is 11.3 Å². The molecule has 0 saturated carbocycles. The third-order valence-corrected chi connectivity index (χ3v) is 3.97. The van der Waals surface area contributed by atoms with Crippen molar-refractivity contribution in [2.75, 3.05) is 0 Å². The molecule has 96 valence electrons. The van der Waals surface area contributed by atoms with Crippen LogP contribution in [0.25, 0.3) is 11.0 Å². The van der Waals surface area contributed by atoms with Crippen LogP contribution in [0.5, 0.6) is 0 Å². The number of hydrogen-bond donors (Lipinski definition) is 1. The fourth-order valence-corrected chi connectivity index (χ4v) is 2.84. The van der Waals surface area contributed by atoms with Crippen molar-refractivity contribution in [3.8, 4) is 0 Å². The maximum Gasteiger partial charge on any atom is 0.336 e. The molecule has 7 heteroatoms. The Morgan fingerprint density at radius 3 is 3.05 bits per heavy atom. The molecule has 1 N–H and O–H groups in total. The lowest BCUT2D eigenvalue weighted by molar-refractivity contribution is 0.559. The first-order valence-corrected chi connectivity index (χ1v) is 7.21. The molecule has 0 spiro atoms. The molecule has 0 aliphatic carbocycles. The highest BCUT2D eigenvalue weighted by atomic mass is 79.9. The van der Waals surface area contributed by atoms with Crippen molar-refractivity contribution in [2.45, 2.75) is 10.9 Å². The monoisotopic (exact) mass is 337 g/mol. The van der Waals surface area contributed by atoms with Crippen molar-refractivity contribution in [2.24, 2.45) is 0 Å². The normalized spacial score (nSPS) is 11.0. The molecule has 0 saturated heterocycles. The van der Waals surface area contributed by atoms with Crippen LogP contribution in [0.4, 0.5) is 0 Å². The number of H-pyrrole nitrogens is 1. The summed E-state index contributed by atoms with van der Waals surface area (Å²) in [6.45, 7) is 0. The van der Waals surface area contributed by atoms with E-state index in [1.165, 1.54) is 24.2 Å². The average molecular weight is 338 g/mol. The zero-order chi connectivity index (χ0) is 13.2. The molecule has 0 fully saturated rings. The van der Waals surface area contributed by atoms with Gasteiger partial charge in [-0.3, -0.25) is 5.10 Å². The lowest BCUT2D eigenvalue weighted by Crippen LogP contribution is -1.99. The van der Waals surface area contributed by atoms with Gasteiger partial charge in [0, 0.05) is 21.7 Å². The van der Waals surface area contributed by atoms with E-state index in [1.807, 2.05) is 12.1 Å². The molecule has 3 aromatic rings. The molecule has 5 nitrogen and oxygen atoms in total. The van der Waals surface area contributed by atoms with Gasteiger partial charge in [-0.05, 0) is 23.8 Å². The van der Waals surface area contributed by atoms with Crippen molar-refractivity contribution in [3.05, 3.63) is 51.0 Å². The van der Waals surface area contributed by atoms with Gasteiger partial charge in [0.2, 0.25) is 0 Å². The van der Waals surface area contributed by atoms with E-state index < -0.39 is 0 Å². The van der Waals surface area contributed by atoms with Gasteiger partial charge in [-0.25, -0.2) is 9.78 Å². The van der Waals surface area contributed by atoms with Gasteiger partial charge in [-0.1, -0.05) is 27.7 Å². The number of aromatic nitrogens is 3. The van der Waals surface area contributed by atoms with Crippen molar-refractivity contribution in [1.29, 1.82) is 0 Å². The van der Waals surface area contributed by atoms with E-state index in [0.717, 1.165) is 20.6 Å². The van der Waals surface area contributed by atoms with Crippen LogP contribution in [-0.2, 0) is 5.75 Å². The summed E-state index contributed by atoms with van der Waals surface area (Å²) in [6, 6.07) is 7.16. The zero-order valence-electron chi connectivity index (χ0n) is 9.59. The highest BCUT2D eigenvalue weighted by molar-refractivity contribution is 9.10. The van der Waals surface area contributed by atoms with E-state index in [2.05, 4.69) is 31.1 Å². The number of halogens is 1. The van der Waals surface area contributed by atoms with Crippen LogP contribution in [0, 0.1) is 0 Å². The van der Waals surface area contributed by atoms with Gasteiger partial charge < -0.3 is 4.42 Å². The number of benzene rings is 1. The van der Waals surface area contributed by atoms with Crippen molar-refractivity contribution in [3.63, 3.8) is 0 Å². The Morgan fingerprint density at radius 1 is 1.37 bits per heavy atom. The SMILES string of the molecule is O=c1cc(CSc2ncn[nH]2)c2ccc(Br)cc2o1. The topological polar surface area (TPSA) is 71.8 Å². The average Bonchev–Trinajstić information content (AvgIpc) is 2.88. The predicted molar refractivity (Wildman–Crippen MR) is 76.1 cm³/mol. The molecule has 1 aromatic carbocycles. The van der Waals surface area contributed by atoms with Crippen LogP contribution in [0.1, 0.15) is 5.56 Å². The molecule has 3 rings (SSSR count). The van der Waals surface area contributed by atoms with Crippen molar-refractivity contribution >= 4 is 38.7 Å². The summed E-state index contributed by atoms with van der Waals surface area (Å²) in [5.41, 5.74) is 1.15. The van der Waals surface area contributed by atoms with Crippen LogP contribution in [0.15, 0.2) is 49.4 Å². The Morgan fingerprint density at radius 2 is 2.26 bits per heavy atom. The van der Waals surface area contributed by atoms with E-state index >= 15 is 0 Å². The molecule has 0 aliphatic heterocycles. The minimum Gasteiger partial charge on any atom is -0.423 e. The van der Waals surface area contributed by atoms with Gasteiger partial charge in [-0.2, -0.15) is 5.10 Å². The van der Waals surface area contributed by atoms with Crippen molar-refractivity contribution in [1.82, 2.24) is 15.2 Å². The third-order valence-electron chi connectivity index (χ3n) is 2.55. The Hall–Kier alpha value is -1.60. The van der Waals surface area contributed by atoms with Crippen molar-refractivity contribution < 1.29 is 4.42 Å². The number of aromatic amines is 1. The van der Waals surface area contributed by atoms with Gasteiger partial charge >= 0.3 is 5.63 Å². The predicted octanol–water partition coefficient (Wildman–Crippen LogP) is 2.97. The second-order valence-corrected chi connectivity index (χ2v) is 5.69. The Kier molecular flexibility index (Phi) is 3.39. The van der Waals surface area contributed by atoms with Gasteiger partial charge in [-0.15, -0.1) is 0 Å². The molecular formula is C12H8BrN3O2S. The van der Waals surface area contributed by atoms with Gasteiger partial charge in [0.1, 0.15) is 11.9 Å². The van der Waals surface area contributed by atoms with Crippen LogP contribution in [0.2, 0.25) is 0 Å². The molecule has 2 heterocycles. The molecule has 0 radical (unpaired) electrons. The smallest absolute Gasteiger partial charge is 0.336 e. The minimum atomic E-state index is -0.348. The number of rotatable bonds is 3. The Bertz CT molecular complexity index is 770. The Labute approximate surface area is 120 Å². The maximum atomic E-state index is 11.5. The van der Waals surface area contributed by atoms with Gasteiger partial charge in [0.15, 0.2) is 5.16 Å². The molecule has 0 aliphatic rings. The number of fused-ring (bicyclic) bond motifs is 1. The second kappa shape index (κ2) is 5.18. The summed E-state index contributed by atoms with van der Waals surface area (Å²) < 4.78 is 6.07. The lowest BCUT2D eigenvalue weighted by atomic mass is 10.1. The molecule has 0 amide bonds. The Balaban J connectivity index is 2.00. The molecular weight excluding hydrogens is 330 g/mol. The molecule has 0 atom stereocenters. The summed E-state index contributed by atoms with van der Waals surface area (Å²) in [4.78, 5) is 15.6.